The third-order valence-electron chi connectivity index (χ3n) is 6.91. The Bertz CT molecular complexity index is 1400. The third-order valence-corrected chi connectivity index (χ3v) is 8.28. The molecule has 0 aromatic heterocycles. The number of benzene rings is 3. The number of carbonyl (C=O) groups is 1. The van der Waals surface area contributed by atoms with Gasteiger partial charge in [0, 0.05) is 35.9 Å². The van der Waals surface area contributed by atoms with E-state index < -0.39 is 0 Å². The van der Waals surface area contributed by atoms with Crippen molar-refractivity contribution in [2.24, 2.45) is 4.99 Å². The Morgan fingerprint density at radius 1 is 0.950 bits per heavy atom. The van der Waals surface area contributed by atoms with Gasteiger partial charge in [0.05, 0.1) is 17.2 Å². The fraction of sp³-hybridized carbons (Fsp3) is 0.312. The second kappa shape index (κ2) is 13.3. The van der Waals surface area contributed by atoms with E-state index in [1.54, 1.807) is 4.90 Å². The molecule has 3 aromatic rings. The standard InChI is InChI=1S/C32H34ClN3O3S/c1-3-36-31(37)30(40-32(36)34-25-13-15-26(16-14-25)35-18-8-5-9-19-35)21-23-12-17-28(29(20-23)38-4-2)39-22-24-10-6-7-11-27(24)33/h6-7,10-17,20-21H,3-5,8-9,18-19,22H2,1-2H3/b30-21-,34-32?. The number of piperidine rings is 1. The number of rotatable bonds is 9. The van der Waals surface area contributed by atoms with Crippen molar-refractivity contribution in [1.29, 1.82) is 0 Å². The zero-order chi connectivity index (χ0) is 27.9. The topological polar surface area (TPSA) is 54.4 Å². The van der Waals surface area contributed by atoms with Crippen LogP contribution in [0.4, 0.5) is 11.4 Å². The molecule has 5 rings (SSSR count). The number of ether oxygens (including phenoxy) is 2. The first-order valence-corrected chi connectivity index (χ1v) is 15.0. The zero-order valence-electron chi connectivity index (χ0n) is 22.9. The minimum Gasteiger partial charge on any atom is -0.490 e. The summed E-state index contributed by atoms with van der Waals surface area (Å²) in [5.74, 6) is 1.20. The number of nitrogens with zero attached hydrogens (tertiary/aromatic N) is 3. The molecule has 1 amide bonds. The molecule has 0 spiro atoms. The molecule has 0 bridgehead atoms. The van der Waals surface area contributed by atoms with Gasteiger partial charge in [0.25, 0.3) is 5.91 Å². The van der Waals surface area contributed by atoms with Gasteiger partial charge in [0.15, 0.2) is 16.7 Å². The number of halogens is 1. The summed E-state index contributed by atoms with van der Waals surface area (Å²) in [7, 11) is 0. The van der Waals surface area contributed by atoms with Crippen molar-refractivity contribution in [3.63, 3.8) is 0 Å². The number of amidine groups is 1. The molecule has 0 radical (unpaired) electrons. The number of carbonyl (C=O) groups excluding carboxylic acids is 1. The quantitative estimate of drug-likeness (QED) is 0.242. The predicted octanol–water partition coefficient (Wildman–Crippen LogP) is 7.93. The number of aliphatic imine (C=N–C) groups is 1. The Hall–Kier alpha value is -3.42. The summed E-state index contributed by atoms with van der Waals surface area (Å²) in [5.41, 5.74) is 3.83. The van der Waals surface area contributed by atoms with Gasteiger partial charge in [-0.05, 0) is 99.0 Å². The normalized spacial score (nSPS) is 17.6. The van der Waals surface area contributed by atoms with E-state index in [0.29, 0.717) is 46.4 Å². The zero-order valence-corrected chi connectivity index (χ0v) is 24.5. The molecule has 2 saturated heterocycles. The molecule has 3 aromatic carbocycles. The van der Waals surface area contributed by atoms with Crippen LogP contribution in [0.3, 0.4) is 0 Å². The SMILES string of the molecule is CCOc1cc(/C=C2\SC(=Nc3ccc(N4CCCCC4)cc3)N(CC)C2=O)ccc1OCc1ccccc1Cl. The molecule has 2 aliphatic rings. The van der Waals surface area contributed by atoms with Gasteiger partial charge in [-0.3, -0.25) is 9.69 Å². The second-order valence-corrected chi connectivity index (χ2v) is 11.1. The van der Waals surface area contributed by atoms with Crippen LogP contribution in [0.5, 0.6) is 11.5 Å². The molecule has 6 nitrogen and oxygen atoms in total. The molecular weight excluding hydrogens is 542 g/mol. The monoisotopic (exact) mass is 575 g/mol. The van der Waals surface area contributed by atoms with Gasteiger partial charge < -0.3 is 14.4 Å². The van der Waals surface area contributed by atoms with Crippen LogP contribution < -0.4 is 14.4 Å². The van der Waals surface area contributed by atoms with Crippen molar-refractivity contribution >= 4 is 51.9 Å². The fourth-order valence-corrected chi connectivity index (χ4v) is 6.05. The summed E-state index contributed by atoms with van der Waals surface area (Å²) in [6, 6.07) is 21.6. The lowest BCUT2D eigenvalue weighted by Crippen LogP contribution is -2.29. The molecule has 8 heteroatoms. The van der Waals surface area contributed by atoms with E-state index in [0.717, 1.165) is 29.9 Å². The highest BCUT2D eigenvalue weighted by Crippen LogP contribution is 2.36. The van der Waals surface area contributed by atoms with Gasteiger partial charge in [0.2, 0.25) is 0 Å². The van der Waals surface area contributed by atoms with E-state index >= 15 is 0 Å². The van der Waals surface area contributed by atoms with Gasteiger partial charge in [-0.1, -0.05) is 35.9 Å². The molecule has 2 heterocycles. The highest BCUT2D eigenvalue weighted by Gasteiger charge is 2.32. The number of hydrogen-bond donors (Lipinski definition) is 0. The summed E-state index contributed by atoms with van der Waals surface area (Å²) in [6.45, 7) is 7.48. The van der Waals surface area contributed by atoms with E-state index in [2.05, 4.69) is 17.0 Å². The first-order chi connectivity index (χ1) is 19.6. The molecule has 0 unspecified atom stereocenters. The molecule has 0 atom stereocenters. The Morgan fingerprint density at radius 3 is 2.45 bits per heavy atom. The van der Waals surface area contributed by atoms with E-state index in [1.165, 1.54) is 36.7 Å². The number of amides is 1. The summed E-state index contributed by atoms with van der Waals surface area (Å²) in [4.78, 5) is 22.9. The summed E-state index contributed by atoms with van der Waals surface area (Å²) >= 11 is 7.68. The van der Waals surface area contributed by atoms with Crippen molar-refractivity contribution < 1.29 is 14.3 Å². The van der Waals surface area contributed by atoms with Crippen molar-refractivity contribution in [3.05, 3.63) is 87.8 Å². The smallest absolute Gasteiger partial charge is 0.266 e. The second-order valence-electron chi connectivity index (χ2n) is 9.64. The van der Waals surface area contributed by atoms with Crippen molar-refractivity contribution in [2.75, 3.05) is 31.1 Å². The minimum absolute atomic E-state index is 0.0480. The van der Waals surface area contributed by atoms with Crippen LogP contribution in [-0.2, 0) is 11.4 Å². The predicted molar refractivity (Wildman–Crippen MR) is 166 cm³/mol. The summed E-state index contributed by atoms with van der Waals surface area (Å²) in [6.07, 6.45) is 5.68. The summed E-state index contributed by atoms with van der Waals surface area (Å²) in [5, 5.41) is 1.35. The molecule has 0 aliphatic carbocycles. The number of thioether (sulfide) groups is 1. The van der Waals surface area contributed by atoms with Crippen LogP contribution in [0.25, 0.3) is 6.08 Å². The lowest BCUT2D eigenvalue weighted by Gasteiger charge is -2.28. The van der Waals surface area contributed by atoms with E-state index in [9.17, 15) is 4.79 Å². The van der Waals surface area contributed by atoms with Crippen LogP contribution in [-0.4, -0.2) is 42.2 Å². The largest absolute Gasteiger partial charge is 0.490 e. The van der Waals surface area contributed by atoms with Crippen molar-refractivity contribution in [2.45, 2.75) is 39.7 Å². The van der Waals surface area contributed by atoms with Gasteiger partial charge >= 0.3 is 0 Å². The Labute approximate surface area is 245 Å². The summed E-state index contributed by atoms with van der Waals surface area (Å²) < 4.78 is 11.9. The fourth-order valence-electron chi connectivity index (χ4n) is 4.80. The third kappa shape index (κ3) is 6.65. The van der Waals surface area contributed by atoms with E-state index in [1.807, 2.05) is 74.5 Å². The Kier molecular flexibility index (Phi) is 9.34. The van der Waals surface area contributed by atoms with Gasteiger partial charge in [-0.25, -0.2) is 4.99 Å². The number of hydrogen-bond acceptors (Lipinski definition) is 6. The maximum Gasteiger partial charge on any atom is 0.266 e. The number of anilines is 1. The molecule has 40 heavy (non-hydrogen) atoms. The average molecular weight is 576 g/mol. The van der Waals surface area contributed by atoms with E-state index in [4.69, 9.17) is 26.1 Å². The van der Waals surface area contributed by atoms with Crippen LogP contribution >= 0.6 is 23.4 Å². The maximum absolute atomic E-state index is 13.3. The Morgan fingerprint density at radius 2 is 1.73 bits per heavy atom. The van der Waals surface area contributed by atoms with Crippen LogP contribution in [0.2, 0.25) is 5.02 Å². The molecule has 208 valence electrons. The van der Waals surface area contributed by atoms with E-state index in [-0.39, 0.29) is 5.91 Å². The van der Waals surface area contributed by atoms with Gasteiger partial charge in [-0.15, -0.1) is 0 Å². The highest BCUT2D eigenvalue weighted by atomic mass is 35.5. The first-order valence-electron chi connectivity index (χ1n) is 13.8. The highest BCUT2D eigenvalue weighted by molar-refractivity contribution is 8.18. The Balaban J connectivity index is 1.33. The van der Waals surface area contributed by atoms with Crippen LogP contribution in [0, 0.1) is 0 Å². The van der Waals surface area contributed by atoms with Crippen LogP contribution in [0.15, 0.2) is 76.6 Å². The molecule has 0 saturated carbocycles. The van der Waals surface area contributed by atoms with Crippen LogP contribution in [0.1, 0.15) is 44.2 Å². The van der Waals surface area contributed by atoms with Gasteiger partial charge in [-0.2, -0.15) is 0 Å². The minimum atomic E-state index is -0.0480. The molecular formula is C32H34ClN3O3S. The molecule has 2 aliphatic heterocycles. The van der Waals surface area contributed by atoms with Gasteiger partial charge in [0.1, 0.15) is 6.61 Å². The molecule has 2 fully saturated rings. The molecule has 0 N–H and O–H groups in total. The average Bonchev–Trinajstić information content (AvgIpc) is 3.27. The lowest BCUT2D eigenvalue weighted by molar-refractivity contribution is -0.122. The lowest BCUT2D eigenvalue weighted by atomic mass is 10.1. The van der Waals surface area contributed by atoms with Crippen molar-refractivity contribution in [1.82, 2.24) is 4.90 Å². The first kappa shape index (κ1) is 28.1. The number of likely N-dealkylation sites (N-methyl/N-ethyl adjacent to an activating group) is 1. The van der Waals surface area contributed by atoms with Crippen molar-refractivity contribution in [3.8, 4) is 11.5 Å². The maximum atomic E-state index is 13.3.